The smallest absolute Gasteiger partial charge is 0.253 e. The van der Waals surface area contributed by atoms with E-state index in [4.69, 9.17) is 5.73 Å². The quantitative estimate of drug-likeness (QED) is 0.831. The number of nitrogens with zero attached hydrogens (tertiary/aromatic N) is 2. The minimum Gasteiger partial charge on any atom is -0.397 e. The second-order valence-corrected chi connectivity index (χ2v) is 5.25. The van der Waals surface area contributed by atoms with Gasteiger partial charge in [-0.1, -0.05) is 13.8 Å². The van der Waals surface area contributed by atoms with Crippen molar-refractivity contribution in [1.82, 2.24) is 4.90 Å². The molecular formula is C14H23N3O. The van der Waals surface area contributed by atoms with E-state index in [0.717, 1.165) is 12.2 Å². The number of carbonyl (C=O) groups excluding carboxylic acids is 1. The van der Waals surface area contributed by atoms with Crippen LogP contribution < -0.4 is 10.6 Å². The Morgan fingerprint density at radius 2 is 1.89 bits per heavy atom. The molecule has 0 atom stereocenters. The molecule has 0 radical (unpaired) electrons. The number of carbonyl (C=O) groups is 1. The zero-order valence-electron chi connectivity index (χ0n) is 11.9. The number of hydrogen-bond donors (Lipinski definition) is 1. The average molecular weight is 249 g/mol. The lowest BCUT2D eigenvalue weighted by Crippen LogP contribution is -2.24. The molecule has 0 fully saturated rings. The molecule has 1 aromatic carbocycles. The van der Waals surface area contributed by atoms with Crippen molar-refractivity contribution in [3.05, 3.63) is 23.8 Å². The lowest BCUT2D eigenvalue weighted by molar-refractivity contribution is 0.0827. The maximum absolute atomic E-state index is 11.8. The number of benzene rings is 1. The molecule has 0 aromatic heterocycles. The second kappa shape index (κ2) is 5.76. The Morgan fingerprint density at radius 3 is 2.33 bits per heavy atom. The van der Waals surface area contributed by atoms with Gasteiger partial charge in [-0.2, -0.15) is 0 Å². The monoisotopic (exact) mass is 249 g/mol. The summed E-state index contributed by atoms with van der Waals surface area (Å²) < 4.78 is 0. The Kier molecular flexibility index (Phi) is 4.59. The van der Waals surface area contributed by atoms with E-state index >= 15 is 0 Å². The van der Waals surface area contributed by atoms with E-state index in [1.54, 1.807) is 25.1 Å². The number of hydrogen-bond acceptors (Lipinski definition) is 3. The van der Waals surface area contributed by atoms with Gasteiger partial charge >= 0.3 is 0 Å². The number of amides is 1. The van der Waals surface area contributed by atoms with Crippen molar-refractivity contribution in [1.29, 1.82) is 0 Å². The van der Waals surface area contributed by atoms with E-state index in [-0.39, 0.29) is 5.91 Å². The fourth-order valence-corrected chi connectivity index (χ4v) is 1.94. The van der Waals surface area contributed by atoms with Crippen LogP contribution in [0.25, 0.3) is 0 Å². The van der Waals surface area contributed by atoms with Crippen molar-refractivity contribution in [2.75, 3.05) is 38.3 Å². The molecule has 0 saturated carbocycles. The molecule has 100 valence electrons. The highest BCUT2D eigenvalue weighted by Crippen LogP contribution is 2.24. The Balaban J connectivity index is 2.96. The molecule has 4 heteroatoms. The average Bonchev–Trinajstić information content (AvgIpc) is 2.26. The van der Waals surface area contributed by atoms with E-state index in [0.29, 0.717) is 17.2 Å². The van der Waals surface area contributed by atoms with E-state index < -0.39 is 0 Å². The van der Waals surface area contributed by atoms with Crippen LogP contribution in [0.1, 0.15) is 24.2 Å². The van der Waals surface area contributed by atoms with Gasteiger partial charge < -0.3 is 15.5 Å². The first-order chi connectivity index (χ1) is 8.32. The highest BCUT2D eigenvalue weighted by molar-refractivity contribution is 5.95. The minimum absolute atomic E-state index is 0.0280. The van der Waals surface area contributed by atoms with Crippen molar-refractivity contribution >= 4 is 17.3 Å². The molecule has 0 unspecified atom stereocenters. The van der Waals surface area contributed by atoms with Crippen LogP contribution in [0.5, 0.6) is 0 Å². The minimum atomic E-state index is -0.0280. The molecule has 0 aliphatic carbocycles. The van der Waals surface area contributed by atoms with E-state index in [9.17, 15) is 4.79 Å². The molecule has 0 saturated heterocycles. The summed E-state index contributed by atoms with van der Waals surface area (Å²) in [6.45, 7) is 5.26. The van der Waals surface area contributed by atoms with Gasteiger partial charge in [-0.3, -0.25) is 4.79 Å². The molecule has 0 heterocycles. The molecule has 4 nitrogen and oxygen atoms in total. The summed E-state index contributed by atoms with van der Waals surface area (Å²) in [6, 6.07) is 5.48. The maximum Gasteiger partial charge on any atom is 0.253 e. The van der Waals surface area contributed by atoms with E-state index in [1.807, 2.05) is 19.2 Å². The molecule has 18 heavy (non-hydrogen) atoms. The van der Waals surface area contributed by atoms with Gasteiger partial charge in [0.05, 0.1) is 11.4 Å². The second-order valence-electron chi connectivity index (χ2n) is 5.25. The summed E-state index contributed by atoms with van der Waals surface area (Å²) in [5, 5.41) is 0. The summed E-state index contributed by atoms with van der Waals surface area (Å²) in [7, 11) is 5.48. The summed E-state index contributed by atoms with van der Waals surface area (Å²) in [5.74, 6) is 0.539. The molecule has 1 rings (SSSR count). The predicted octanol–water partition coefficient (Wildman–Crippen LogP) is 2.06. The van der Waals surface area contributed by atoms with Crippen molar-refractivity contribution in [2.45, 2.75) is 13.8 Å². The first-order valence-corrected chi connectivity index (χ1v) is 6.15. The number of rotatable bonds is 4. The highest BCUT2D eigenvalue weighted by atomic mass is 16.2. The lowest BCUT2D eigenvalue weighted by atomic mass is 10.1. The first kappa shape index (κ1) is 14.4. The SMILES string of the molecule is CC(C)CN(C)c1ccc(C(=O)N(C)C)cc1N. The van der Waals surface area contributed by atoms with E-state index in [2.05, 4.69) is 18.7 Å². The topological polar surface area (TPSA) is 49.6 Å². The Bertz CT molecular complexity index is 427. The van der Waals surface area contributed by atoms with Crippen molar-refractivity contribution in [2.24, 2.45) is 5.92 Å². The van der Waals surface area contributed by atoms with Crippen LogP contribution >= 0.6 is 0 Å². The van der Waals surface area contributed by atoms with Crippen molar-refractivity contribution in [3.63, 3.8) is 0 Å². The van der Waals surface area contributed by atoms with Crippen LogP contribution in [0, 0.1) is 5.92 Å². The third kappa shape index (κ3) is 3.39. The standard InChI is InChI=1S/C14H23N3O/c1-10(2)9-17(5)13-7-6-11(8-12(13)15)14(18)16(3)4/h6-8,10H,9,15H2,1-5H3. The third-order valence-electron chi connectivity index (χ3n) is 2.73. The van der Waals surface area contributed by atoms with Gasteiger partial charge in [0.25, 0.3) is 5.91 Å². The van der Waals surface area contributed by atoms with Crippen molar-refractivity contribution in [3.8, 4) is 0 Å². The van der Waals surface area contributed by atoms with Crippen LogP contribution in [0.15, 0.2) is 18.2 Å². The number of nitrogens with two attached hydrogens (primary N) is 1. The van der Waals surface area contributed by atoms with Crippen molar-refractivity contribution < 1.29 is 4.79 Å². The molecule has 0 spiro atoms. The predicted molar refractivity (Wildman–Crippen MR) is 77.0 cm³/mol. The lowest BCUT2D eigenvalue weighted by Gasteiger charge is -2.23. The van der Waals surface area contributed by atoms with E-state index in [1.165, 1.54) is 0 Å². The maximum atomic E-state index is 11.8. The first-order valence-electron chi connectivity index (χ1n) is 6.15. The van der Waals surface area contributed by atoms with Crippen LogP contribution in [0.2, 0.25) is 0 Å². The van der Waals surface area contributed by atoms with Gasteiger partial charge in [0.2, 0.25) is 0 Å². The summed E-state index contributed by atoms with van der Waals surface area (Å²) in [6.07, 6.45) is 0. The van der Waals surface area contributed by atoms with Crippen LogP contribution in [0.4, 0.5) is 11.4 Å². The number of nitrogen functional groups attached to an aromatic ring is 1. The molecule has 1 amide bonds. The third-order valence-corrected chi connectivity index (χ3v) is 2.73. The van der Waals surface area contributed by atoms with Gasteiger partial charge in [0, 0.05) is 33.3 Å². The molecule has 2 N–H and O–H groups in total. The summed E-state index contributed by atoms with van der Waals surface area (Å²) in [5.41, 5.74) is 8.26. The van der Waals surface area contributed by atoms with Crippen LogP contribution in [0.3, 0.4) is 0 Å². The van der Waals surface area contributed by atoms with Crippen LogP contribution in [-0.2, 0) is 0 Å². The molecule has 0 bridgehead atoms. The zero-order valence-corrected chi connectivity index (χ0v) is 11.9. The molecule has 1 aromatic rings. The molecule has 0 aliphatic rings. The highest BCUT2D eigenvalue weighted by Gasteiger charge is 2.12. The fourth-order valence-electron chi connectivity index (χ4n) is 1.94. The van der Waals surface area contributed by atoms with Gasteiger partial charge in [-0.25, -0.2) is 0 Å². The zero-order chi connectivity index (χ0) is 13.9. The van der Waals surface area contributed by atoms with Gasteiger partial charge in [-0.05, 0) is 24.1 Å². The molecular weight excluding hydrogens is 226 g/mol. The van der Waals surface area contributed by atoms with Gasteiger partial charge in [-0.15, -0.1) is 0 Å². The summed E-state index contributed by atoms with van der Waals surface area (Å²) in [4.78, 5) is 15.5. The molecule has 0 aliphatic heterocycles. The summed E-state index contributed by atoms with van der Waals surface area (Å²) >= 11 is 0. The Labute approximate surface area is 109 Å². The Hall–Kier alpha value is -1.71. The van der Waals surface area contributed by atoms with Crippen LogP contribution in [-0.4, -0.2) is 38.5 Å². The fraction of sp³-hybridized carbons (Fsp3) is 0.500. The van der Waals surface area contributed by atoms with Gasteiger partial charge in [0.15, 0.2) is 0 Å². The Morgan fingerprint density at radius 1 is 1.28 bits per heavy atom. The van der Waals surface area contributed by atoms with Gasteiger partial charge in [0.1, 0.15) is 0 Å². The largest absolute Gasteiger partial charge is 0.397 e. The number of anilines is 2. The normalized spacial score (nSPS) is 10.6.